The number of pyridine rings is 1. The van der Waals surface area contributed by atoms with E-state index in [9.17, 15) is 4.79 Å². The van der Waals surface area contributed by atoms with Crippen LogP contribution in [-0.4, -0.2) is 30.1 Å². The molecule has 4 heteroatoms. The zero-order valence-electron chi connectivity index (χ0n) is 12.0. The van der Waals surface area contributed by atoms with Crippen molar-refractivity contribution in [3.05, 3.63) is 59.9 Å². The molecule has 0 radical (unpaired) electrons. The number of benzene rings is 1. The molecule has 1 aromatic carbocycles. The molecule has 3 rings (SSSR count). The van der Waals surface area contributed by atoms with Gasteiger partial charge in [0.15, 0.2) is 0 Å². The van der Waals surface area contributed by atoms with Gasteiger partial charge in [-0.3, -0.25) is 9.78 Å². The number of amides is 1. The summed E-state index contributed by atoms with van der Waals surface area (Å²) in [7, 11) is 0. The Kier molecular flexibility index (Phi) is 3.97. The van der Waals surface area contributed by atoms with E-state index < -0.39 is 0 Å². The fraction of sp³-hybridized carbons (Fsp3) is 0.294. The van der Waals surface area contributed by atoms with Crippen molar-refractivity contribution >= 4 is 11.6 Å². The molecule has 21 heavy (non-hydrogen) atoms. The van der Waals surface area contributed by atoms with Gasteiger partial charge < -0.3 is 9.64 Å². The summed E-state index contributed by atoms with van der Waals surface area (Å²) in [5.41, 5.74) is 2.41. The van der Waals surface area contributed by atoms with Crippen molar-refractivity contribution in [2.75, 3.05) is 18.1 Å². The van der Waals surface area contributed by atoms with Crippen LogP contribution in [0.1, 0.15) is 22.5 Å². The van der Waals surface area contributed by atoms with Gasteiger partial charge in [0.1, 0.15) is 0 Å². The quantitative estimate of drug-likeness (QED) is 0.869. The van der Waals surface area contributed by atoms with E-state index in [1.807, 2.05) is 54.3 Å². The SMILES string of the molecule is Cc1ccc(C(=O)N(c2ccccc2)[C@H]2CCOC2)cn1. The van der Waals surface area contributed by atoms with E-state index in [-0.39, 0.29) is 11.9 Å². The van der Waals surface area contributed by atoms with Crippen LogP contribution in [0, 0.1) is 6.92 Å². The third-order valence-corrected chi connectivity index (χ3v) is 3.68. The van der Waals surface area contributed by atoms with Crippen LogP contribution in [0.25, 0.3) is 0 Å². The fourth-order valence-corrected chi connectivity index (χ4v) is 2.54. The van der Waals surface area contributed by atoms with Crippen molar-refractivity contribution in [2.24, 2.45) is 0 Å². The van der Waals surface area contributed by atoms with Gasteiger partial charge in [-0.25, -0.2) is 0 Å². The van der Waals surface area contributed by atoms with E-state index in [1.54, 1.807) is 6.20 Å². The molecule has 0 bridgehead atoms. The molecule has 0 saturated carbocycles. The first-order chi connectivity index (χ1) is 10.3. The number of ether oxygens (including phenoxy) is 1. The predicted octanol–water partition coefficient (Wildman–Crippen LogP) is 2.83. The first-order valence-corrected chi connectivity index (χ1v) is 7.15. The monoisotopic (exact) mass is 282 g/mol. The molecule has 1 fully saturated rings. The second-order valence-corrected chi connectivity index (χ2v) is 5.22. The molecule has 1 atom stereocenters. The number of nitrogens with zero attached hydrogens (tertiary/aromatic N) is 2. The molecule has 0 N–H and O–H groups in total. The Morgan fingerprint density at radius 3 is 2.67 bits per heavy atom. The van der Waals surface area contributed by atoms with Crippen molar-refractivity contribution in [2.45, 2.75) is 19.4 Å². The van der Waals surface area contributed by atoms with Crippen molar-refractivity contribution in [3.63, 3.8) is 0 Å². The highest BCUT2D eigenvalue weighted by molar-refractivity contribution is 6.06. The molecular formula is C17H18N2O2. The number of aryl methyl sites for hydroxylation is 1. The van der Waals surface area contributed by atoms with Gasteiger partial charge in [-0.05, 0) is 37.6 Å². The van der Waals surface area contributed by atoms with E-state index in [4.69, 9.17) is 4.74 Å². The number of hydrogen-bond donors (Lipinski definition) is 0. The Morgan fingerprint density at radius 2 is 2.05 bits per heavy atom. The van der Waals surface area contributed by atoms with Gasteiger partial charge in [0.25, 0.3) is 5.91 Å². The van der Waals surface area contributed by atoms with E-state index in [2.05, 4.69) is 4.98 Å². The molecule has 1 aromatic heterocycles. The number of rotatable bonds is 3. The highest BCUT2D eigenvalue weighted by atomic mass is 16.5. The zero-order chi connectivity index (χ0) is 14.7. The molecule has 2 heterocycles. The first kappa shape index (κ1) is 13.8. The lowest BCUT2D eigenvalue weighted by molar-refractivity contribution is 0.0971. The lowest BCUT2D eigenvalue weighted by Crippen LogP contribution is -2.41. The van der Waals surface area contributed by atoms with Crippen LogP contribution in [0.15, 0.2) is 48.7 Å². The van der Waals surface area contributed by atoms with Crippen LogP contribution in [0.3, 0.4) is 0 Å². The smallest absolute Gasteiger partial charge is 0.260 e. The van der Waals surface area contributed by atoms with Gasteiger partial charge in [-0.15, -0.1) is 0 Å². The number of carbonyl (C=O) groups excluding carboxylic acids is 1. The number of para-hydroxylation sites is 1. The summed E-state index contributed by atoms with van der Waals surface area (Å²) in [5, 5.41) is 0. The molecular weight excluding hydrogens is 264 g/mol. The maximum atomic E-state index is 12.9. The maximum absolute atomic E-state index is 12.9. The van der Waals surface area contributed by atoms with Gasteiger partial charge in [0.05, 0.1) is 18.2 Å². The number of aromatic nitrogens is 1. The molecule has 2 aromatic rings. The Morgan fingerprint density at radius 1 is 1.24 bits per heavy atom. The maximum Gasteiger partial charge on any atom is 0.260 e. The summed E-state index contributed by atoms with van der Waals surface area (Å²) in [6.45, 7) is 3.20. The summed E-state index contributed by atoms with van der Waals surface area (Å²) < 4.78 is 5.46. The third kappa shape index (κ3) is 2.95. The van der Waals surface area contributed by atoms with Crippen LogP contribution in [-0.2, 0) is 4.74 Å². The van der Waals surface area contributed by atoms with Gasteiger partial charge in [0.2, 0.25) is 0 Å². The van der Waals surface area contributed by atoms with Crippen LogP contribution < -0.4 is 4.90 Å². The molecule has 0 spiro atoms. The fourth-order valence-electron chi connectivity index (χ4n) is 2.54. The summed E-state index contributed by atoms with van der Waals surface area (Å²) in [4.78, 5) is 18.9. The summed E-state index contributed by atoms with van der Waals surface area (Å²) in [6.07, 6.45) is 2.50. The minimum Gasteiger partial charge on any atom is -0.379 e. The van der Waals surface area contributed by atoms with Crippen molar-refractivity contribution in [1.29, 1.82) is 0 Å². The standard InChI is InChI=1S/C17H18N2O2/c1-13-7-8-14(11-18-13)17(20)19(16-9-10-21-12-16)15-5-3-2-4-6-15/h2-8,11,16H,9-10,12H2,1H3/t16-/m0/s1. The van der Waals surface area contributed by atoms with Gasteiger partial charge in [-0.1, -0.05) is 18.2 Å². The average molecular weight is 282 g/mol. The molecule has 0 unspecified atom stereocenters. The number of carbonyl (C=O) groups is 1. The first-order valence-electron chi connectivity index (χ1n) is 7.15. The third-order valence-electron chi connectivity index (χ3n) is 3.68. The molecule has 4 nitrogen and oxygen atoms in total. The lowest BCUT2D eigenvalue weighted by Gasteiger charge is -2.28. The molecule has 108 valence electrons. The average Bonchev–Trinajstić information content (AvgIpc) is 3.03. The zero-order valence-corrected chi connectivity index (χ0v) is 12.0. The second kappa shape index (κ2) is 6.06. The van der Waals surface area contributed by atoms with Crippen LogP contribution in [0.2, 0.25) is 0 Å². The van der Waals surface area contributed by atoms with Crippen LogP contribution in [0.4, 0.5) is 5.69 Å². The number of hydrogen-bond acceptors (Lipinski definition) is 3. The molecule has 1 aliphatic rings. The predicted molar refractivity (Wildman–Crippen MR) is 81.4 cm³/mol. The normalized spacial score (nSPS) is 17.7. The Labute approximate surface area is 124 Å². The molecule has 1 amide bonds. The topological polar surface area (TPSA) is 42.4 Å². The van der Waals surface area contributed by atoms with Crippen LogP contribution >= 0.6 is 0 Å². The van der Waals surface area contributed by atoms with Gasteiger partial charge >= 0.3 is 0 Å². The Bertz CT molecular complexity index is 604. The van der Waals surface area contributed by atoms with E-state index >= 15 is 0 Å². The van der Waals surface area contributed by atoms with Crippen LogP contribution in [0.5, 0.6) is 0 Å². The van der Waals surface area contributed by atoms with Crippen molar-refractivity contribution in [1.82, 2.24) is 4.98 Å². The second-order valence-electron chi connectivity index (χ2n) is 5.22. The molecule has 1 saturated heterocycles. The molecule has 0 aliphatic carbocycles. The largest absolute Gasteiger partial charge is 0.379 e. The Hall–Kier alpha value is -2.20. The minimum atomic E-state index is -0.0239. The highest BCUT2D eigenvalue weighted by Crippen LogP contribution is 2.24. The summed E-state index contributed by atoms with van der Waals surface area (Å²) >= 11 is 0. The van der Waals surface area contributed by atoms with E-state index in [0.717, 1.165) is 17.8 Å². The summed E-state index contributed by atoms with van der Waals surface area (Å²) in [6, 6.07) is 13.5. The van der Waals surface area contributed by atoms with E-state index in [1.165, 1.54) is 0 Å². The van der Waals surface area contributed by atoms with Crippen molar-refractivity contribution < 1.29 is 9.53 Å². The molecule has 1 aliphatic heterocycles. The van der Waals surface area contributed by atoms with E-state index in [0.29, 0.717) is 18.8 Å². The van der Waals surface area contributed by atoms with Gasteiger partial charge in [-0.2, -0.15) is 0 Å². The minimum absolute atomic E-state index is 0.0239. The highest BCUT2D eigenvalue weighted by Gasteiger charge is 2.29. The van der Waals surface area contributed by atoms with Gasteiger partial charge in [0, 0.05) is 24.2 Å². The van der Waals surface area contributed by atoms with Crippen molar-refractivity contribution in [3.8, 4) is 0 Å². The lowest BCUT2D eigenvalue weighted by atomic mass is 10.1. The Balaban J connectivity index is 1.94. The summed E-state index contributed by atoms with van der Waals surface area (Å²) in [5.74, 6) is -0.0239. The number of anilines is 1.